The molecule has 0 N–H and O–H groups in total. The van der Waals surface area contributed by atoms with Crippen LogP contribution in [0.25, 0.3) is 0 Å². The number of Topliss-reactive ketones (excluding diaryl/α,β-unsaturated/α-hetero) is 1. The molecule has 0 amide bonds. The Balaban J connectivity index is 1.02. The van der Waals surface area contributed by atoms with Crippen LogP contribution in [0.3, 0.4) is 0 Å². The number of fused-ring (bicyclic) bond motifs is 5. The van der Waals surface area contributed by atoms with Gasteiger partial charge in [-0.15, -0.1) is 0 Å². The van der Waals surface area contributed by atoms with Crippen LogP contribution in [0.15, 0.2) is 0 Å². The summed E-state index contributed by atoms with van der Waals surface area (Å²) < 4.78 is 6.10. The Morgan fingerprint density at radius 2 is 1.14 bits per heavy atom. The molecule has 44 heavy (non-hydrogen) atoms. The predicted octanol–water partition coefficient (Wildman–Crippen LogP) is 12.2. The Morgan fingerprint density at radius 1 is 0.614 bits per heavy atom. The standard InChI is InChI=1S/C41H72O3/c1-5-6-7-8-9-10-11-12-13-14-15-16-17-18-19-20-21-22-39(43)44-34-27-29-40(3)33(31-34)23-24-35-37-26-25-36(32(2)42)41(37,4)30-28-38(35)40/h33-38H,5-31H2,1-4H3/t33-,34+,35?,36+,37?,38?,40-,41+/m0/s1. The Hall–Kier alpha value is -0.860. The molecule has 0 saturated heterocycles. The molecule has 0 bridgehead atoms. The van der Waals surface area contributed by atoms with Crippen molar-refractivity contribution in [2.75, 3.05) is 0 Å². The van der Waals surface area contributed by atoms with Gasteiger partial charge in [0.15, 0.2) is 0 Å². The average molecular weight is 613 g/mol. The van der Waals surface area contributed by atoms with E-state index in [0.29, 0.717) is 29.5 Å². The van der Waals surface area contributed by atoms with Crippen LogP contribution < -0.4 is 0 Å². The quantitative estimate of drug-likeness (QED) is 0.101. The van der Waals surface area contributed by atoms with Gasteiger partial charge in [-0.2, -0.15) is 0 Å². The van der Waals surface area contributed by atoms with Gasteiger partial charge in [-0.25, -0.2) is 0 Å². The van der Waals surface area contributed by atoms with Crippen molar-refractivity contribution in [3.8, 4) is 0 Å². The van der Waals surface area contributed by atoms with Gasteiger partial charge in [-0.05, 0) is 106 Å². The molecule has 0 radical (unpaired) electrons. The molecule has 3 unspecified atom stereocenters. The van der Waals surface area contributed by atoms with Gasteiger partial charge in [0.1, 0.15) is 11.9 Å². The minimum atomic E-state index is 0.0583. The molecule has 0 spiro atoms. The summed E-state index contributed by atoms with van der Waals surface area (Å²) in [5.41, 5.74) is 0.643. The van der Waals surface area contributed by atoms with Crippen LogP contribution >= 0.6 is 0 Å². The predicted molar refractivity (Wildman–Crippen MR) is 185 cm³/mol. The largest absolute Gasteiger partial charge is 0.462 e. The molecule has 3 heteroatoms. The molecule has 8 atom stereocenters. The highest BCUT2D eigenvalue weighted by Gasteiger charge is 2.60. The number of hydrogen-bond acceptors (Lipinski definition) is 3. The topological polar surface area (TPSA) is 43.4 Å². The van der Waals surface area contributed by atoms with Crippen molar-refractivity contribution in [2.45, 2.75) is 207 Å². The van der Waals surface area contributed by atoms with Gasteiger partial charge in [-0.3, -0.25) is 9.59 Å². The van der Waals surface area contributed by atoms with Crippen LogP contribution in [0, 0.1) is 40.4 Å². The zero-order valence-corrected chi connectivity index (χ0v) is 29.8. The molecule has 4 aliphatic rings. The maximum Gasteiger partial charge on any atom is 0.306 e. The second-order valence-corrected chi connectivity index (χ2v) is 16.7. The SMILES string of the molecule is CCCCCCCCCCCCCCCCCCCC(=O)O[C@@H]1CC[C@]2(C)C3CC[C@@]4(C)C(CC[C@@H]4C(C)=O)C3CC[C@H]2C1. The number of hydrogen-bond donors (Lipinski definition) is 0. The number of carbonyl (C=O) groups excluding carboxylic acids is 2. The minimum absolute atomic E-state index is 0.0583. The van der Waals surface area contributed by atoms with Gasteiger partial charge in [0.05, 0.1) is 0 Å². The van der Waals surface area contributed by atoms with Crippen molar-refractivity contribution < 1.29 is 14.3 Å². The van der Waals surface area contributed by atoms with Crippen LogP contribution in [0.5, 0.6) is 0 Å². The zero-order valence-electron chi connectivity index (χ0n) is 29.8. The molecule has 0 aromatic rings. The molecule has 254 valence electrons. The second-order valence-electron chi connectivity index (χ2n) is 16.7. The van der Waals surface area contributed by atoms with Crippen LogP contribution in [-0.4, -0.2) is 17.9 Å². The van der Waals surface area contributed by atoms with Gasteiger partial charge in [0.2, 0.25) is 0 Å². The monoisotopic (exact) mass is 613 g/mol. The fourth-order valence-electron chi connectivity index (χ4n) is 11.2. The number of carbonyl (C=O) groups is 2. The Kier molecular flexibility index (Phi) is 14.6. The van der Waals surface area contributed by atoms with Gasteiger partial charge in [0, 0.05) is 12.3 Å². The third-order valence-corrected chi connectivity index (χ3v) is 13.9. The molecule has 0 aliphatic heterocycles. The Bertz CT molecular complexity index is 866. The maximum atomic E-state index is 12.7. The molecule has 0 aromatic carbocycles. The fourth-order valence-corrected chi connectivity index (χ4v) is 11.2. The molecule has 4 saturated carbocycles. The lowest BCUT2D eigenvalue weighted by Gasteiger charge is -2.61. The normalized spacial score (nSPS) is 34.6. The molecular weight excluding hydrogens is 540 g/mol. The number of esters is 1. The van der Waals surface area contributed by atoms with Gasteiger partial charge < -0.3 is 4.74 Å². The summed E-state index contributed by atoms with van der Waals surface area (Å²) in [6, 6.07) is 0. The summed E-state index contributed by atoms with van der Waals surface area (Å²) in [6.45, 7) is 9.18. The van der Waals surface area contributed by atoms with E-state index in [9.17, 15) is 9.59 Å². The summed E-state index contributed by atoms with van der Waals surface area (Å²) in [6.07, 6.45) is 34.9. The highest BCUT2D eigenvalue weighted by Crippen LogP contribution is 2.67. The lowest BCUT2D eigenvalue weighted by molar-refractivity contribution is -0.163. The second kappa shape index (κ2) is 17.9. The van der Waals surface area contributed by atoms with Crippen molar-refractivity contribution in [1.29, 1.82) is 0 Å². The number of rotatable bonds is 20. The van der Waals surface area contributed by atoms with E-state index in [1.807, 2.05) is 6.92 Å². The first-order chi connectivity index (χ1) is 21.3. The summed E-state index contributed by atoms with van der Waals surface area (Å²) in [7, 11) is 0. The van der Waals surface area contributed by atoms with Gasteiger partial charge in [0.25, 0.3) is 0 Å². The van der Waals surface area contributed by atoms with E-state index < -0.39 is 0 Å². The van der Waals surface area contributed by atoms with E-state index in [4.69, 9.17) is 4.74 Å². The average Bonchev–Trinajstić information content (AvgIpc) is 3.36. The van der Waals surface area contributed by atoms with Crippen molar-refractivity contribution in [3.05, 3.63) is 0 Å². The minimum Gasteiger partial charge on any atom is -0.462 e. The van der Waals surface area contributed by atoms with Crippen LogP contribution in [0.1, 0.15) is 201 Å². The lowest BCUT2D eigenvalue weighted by Crippen LogP contribution is -2.54. The first-order valence-electron chi connectivity index (χ1n) is 20.0. The molecule has 4 aliphatic carbocycles. The lowest BCUT2D eigenvalue weighted by atomic mass is 9.44. The van der Waals surface area contributed by atoms with E-state index in [1.165, 1.54) is 141 Å². The first-order valence-corrected chi connectivity index (χ1v) is 20.0. The van der Waals surface area contributed by atoms with Crippen molar-refractivity contribution in [3.63, 3.8) is 0 Å². The molecule has 0 heterocycles. The van der Waals surface area contributed by atoms with Gasteiger partial charge >= 0.3 is 5.97 Å². The van der Waals surface area contributed by atoms with E-state index in [2.05, 4.69) is 20.8 Å². The van der Waals surface area contributed by atoms with Crippen LogP contribution in [0.2, 0.25) is 0 Å². The summed E-state index contributed by atoms with van der Waals surface area (Å²) >= 11 is 0. The number of unbranched alkanes of at least 4 members (excludes halogenated alkanes) is 16. The molecule has 3 nitrogen and oxygen atoms in total. The smallest absolute Gasteiger partial charge is 0.306 e. The van der Waals surface area contributed by atoms with Crippen LogP contribution in [-0.2, 0) is 14.3 Å². The van der Waals surface area contributed by atoms with Gasteiger partial charge in [-0.1, -0.05) is 124 Å². The van der Waals surface area contributed by atoms with Crippen molar-refractivity contribution >= 4 is 11.8 Å². The van der Waals surface area contributed by atoms with Crippen molar-refractivity contribution in [2.24, 2.45) is 40.4 Å². The Morgan fingerprint density at radius 3 is 1.70 bits per heavy atom. The highest BCUT2D eigenvalue weighted by atomic mass is 16.5. The highest BCUT2D eigenvalue weighted by molar-refractivity contribution is 5.79. The Labute approximate surface area is 273 Å². The number of ether oxygens (including phenoxy) is 1. The number of ketones is 1. The van der Waals surface area contributed by atoms with Crippen molar-refractivity contribution in [1.82, 2.24) is 0 Å². The molecule has 4 fully saturated rings. The van der Waals surface area contributed by atoms with Crippen LogP contribution in [0.4, 0.5) is 0 Å². The molecule has 4 rings (SSSR count). The molecule has 0 aromatic heterocycles. The summed E-state index contributed by atoms with van der Waals surface area (Å²) in [5.74, 6) is 3.84. The zero-order chi connectivity index (χ0) is 31.4. The third-order valence-electron chi connectivity index (χ3n) is 13.9. The van der Waals surface area contributed by atoms with E-state index in [1.54, 1.807) is 0 Å². The van der Waals surface area contributed by atoms with E-state index in [-0.39, 0.29) is 17.5 Å². The third kappa shape index (κ3) is 9.36. The summed E-state index contributed by atoms with van der Waals surface area (Å²) in [5, 5.41) is 0. The first kappa shape index (κ1) is 36.0. The van der Waals surface area contributed by atoms with E-state index in [0.717, 1.165) is 43.4 Å². The molecular formula is C41H72O3. The summed E-state index contributed by atoms with van der Waals surface area (Å²) in [4.78, 5) is 25.2. The maximum absolute atomic E-state index is 12.7. The fraction of sp³-hybridized carbons (Fsp3) is 0.951. The van der Waals surface area contributed by atoms with E-state index >= 15 is 0 Å².